The van der Waals surface area contributed by atoms with Crippen LogP contribution in [0.1, 0.15) is 58.3 Å². The van der Waals surface area contributed by atoms with Gasteiger partial charge < -0.3 is 19.9 Å². The summed E-state index contributed by atoms with van der Waals surface area (Å²) in [6.07, 6.45) is 6.76. The van der Waals surface area contributed by atoms with Crippen LogP contribution in [0.5, 0.6) is 0 Å². The number of amides is 1. The van der Waals surface area contributed by atoms with Gasteiger partial charge in [-0.1, -0.05) is 25.7 Å². The standard InChI is InChI=1S/C16H27NO5/c1-12(22-13-6-4-2-3-5-7-13)15(20)17-16(10-14(18)19)8-9-21-11-16/h12-13H,2-11H2,1H3,(H,17,20)(H,18,19). The Morgan fingerprint density at radius 1 is 1.32 bits per heavy atom. The average Bonchev–Trinajstić information content (AvgIpc) is 2.73. The summed E-state index contributed by atoms with van der Waals surface area (Å²) < 4.78 is 11.2. The molecule has 0 aromatic rings. The molecule has 0 spiro atoms. The summed E-state index contributed by atoms with van der Waals surface area (Å²) in [5.41, 5.74) is -0.788. The highest BCUT2D eigenvalue weighted by molar-refractivity contribution is 5.82. The van der Waals surface area contributed by atoms with Gasteiger partial charge in [0.2, 0.25) is 5.91 Å². The summed E-state index contributed by atoms with van der Waals surface area (Å²) in [5, 5.41) is 11.9. The largest absolute Gasteiger partial charge is 0.481 e. The maximum absolute atomic E-state index is 12.4. The van der Waals surface area contributed by atoms with Gasteiger partial charge in [-0.3, -0.25) is 9.59 Å². The van der Waals surface area contributed by atoms with Crippen LogP contribution in [0.3, 0.4) is 0 Å². The number of nitrogens with one attached hydrogen (secondary N) is 1. The highest BCUT2D eigenvalue weighted by atomic mass is 16.5. The van der Waals surface area contributed by atoms with Crippen LogP contribution in [0.15, 0.2) is 0 Å². The molecule has 2 unspecified atom stereocenters. The molecule has 6 nitrogen and oxygen atoms in total. The van der Waals surface area contributed by atoms with E-state index in [1.54, 1.807) is 6.92 Å². The molecule has 0 radical (unpaired) electrons. The van der Waals surface area contributed by atoms with Crippen molar-refractivity contribution in [2.24, 2.45) is 0 Å². The van der Waals surface area contributed by atoms with Gasteiger partial charge in [0.25, 0.3) is 0 Å². The number of carbonyl (C=O) groups is 2. The van der Waals surface area contributed by atoms with Crippen molar-refractivity contribution >= 4 is 11.9 Å². The molecule has 1 saturated carbocycles. The minimum Gasteiger partial charge on any atom is -0.481 e. The fraction of sp³-hybridized carbons (Fsp3) is 0.875. The SMILES string of the molecule is CC(OC1CCCCCC1)C(=O)NC1(CC(=O)O)CCOC1. The van der Waals surface area contributed by atoms with Crippen LogP contribution in [-0.4, -0.2) is 47.9 Å². The zero-order valence-electron chi connectivity index (χ0n) is 13.3. The van der Waals surface area contributed by atoms with Crippen molar-refractivity contribution in [3.8, 4) is 0 Å². The van der Waals surface area contributed by atoms with Crippen LogP contribution in [0.4, 0.5) is 0 Å². The highest BCUT2D eigenvalue weighted by Crippen LogP contribution is 2.24. The van der Waals surface area contributed by atoms with E-state index in [2.05, 4.69) is 5.32 Å². The van der Waals surface area contributed by atoms with E-state index in [0.29, 0.717) is 13.0 Å². The molecule has 2 N–H and O–H groups in total. The predicted octanol–water partition coefficient (Wildman–Crippen LogP) is 1.86. The van der Waals surface area contributed by atoms with Crippen molar-refractivity contribution in [2.45, 2.75) is 76.0 Å². The molecule has 2 atom stereocenters. The monoisotopic (exact) mass is 313 g/mol. The number of hydrogen-bond acceptors (Lipinski definition) is 4. The second-order valence-corrected chi connectivity index (χ2v) is 6.53. The molecular formula is C16H27NO5. The molecule has 0 aromatic heterocycles. The van der Waals surface area contributed by atoms with Gasteiger partial charge in [-0.2, -0.15) is 0 Å². The van der Waals surface area contributed by atoms with E-state index in [-0.39, 0.29) is 25.0 Å². The molecule has 1 saturated heterocycles. The number of carboxylic acid groups (broad SMARTS) is 1. The van der Waals surface area contributed by atoms with Crippen molar-refractivity contribution < 1.29 is 24.2 Å². The third-order valence-electron chi connectivity index (χ3n) is 4.55. The Morgan fingerprint density at radius 2 is 2.00 bits per heavy atom. The zero-order valence-corrected chi connectivity index (χ0v) is 13.3. The first-order chi connectivity index (χ1) is 10.5. The van der Waals surface area contributed by atoms with E-state index in [1.807, 2.05) is 0 Å². The number of aliphatic carboxylic acids is 1. The molecule has 6 heteroatoms. The number of carbonyl (C=O) groups excluding carboxylic acids is 1. The Morgan fingerprint density at radius 3 is 2.55 bits per heavy atom. The lowest BCUT2D eigenvalue weighted by molar-refractivity contribution is -0.142. The fourth-order valence-electron chi connectivity index (χ4n) is 3.27. The Balaban J connectivity index is 1.87. The molecule has 1 heterocycles. The summed E-state index contributed by atoms with van der Waals surface area (Å²) in [5.74, 6) is -1.17. The van der Waals surface area contributed by atoms with Crippen molar-refractivity contribution in [1.82, 2.24) is 5.32 Å². The Labute approximate surface area is 131 Å². The summed E-state index contributed by atoms with van der Waals surface area (Å²) in [7, 11) is 0. The lowest BCUT2D eigenvalue weighted by atomic mass is 9.94. The van der Waals surface area contributed by atoms with Crippen LogP contribution in [0.25, 0.3) is 0 Å². The van der Waals surface area contributed by atoms with Gasteiger partial charge >= 0.3 is 5.97 Å². The third-order valence-corrected chi connectivity index (χ3v) is 4.55. The lowest BCUT2D eigenvalue weighted by Gasteiger charge is -2.29. The van der Waals surface area contributed by atoms with Gasteiger partial charge in [-0.05, 0) is 26.2 Å². The quantitative estimate of drug-likeness (QED) is 0.731. The van der Waals surface area contributed by atoms with Crippen LogP contribution in [-0.2, 0) is 19.1 Å². The second-order valence-electron chi connectivity index (χ2n) is 6.53. The highest BCUT2D eigenvalue weighted by Gasteiger charge is 2.39. The molecule has 1 amide bonds. The van der Waals surface area contributed by atoms with Crippen molar-refractivity contribution in [3.05, 3.63) is 0 Å². The summed E-state index contributed by atoms with van der Waals surface area (Å²) in [6, 6.07) is 0. The fourth-order valence-corrected chi connectivity index (χ4v) is 3.27. The van der Waals surface area contributed by atoms with Crippen molar-refractivity contribution in [1.29, 1.82) is 0 Å². The van der Waals surface area contributed by atoms with Gasteiger partial charge in [-0.25, -0.2) is 0 Å². The van der Waals surface area contributed by atoms with E-state index in [0.717, 1.165) is 25.7 Å². The number of rotatable bonds is 6. The smallest absolute Gasteiger partial charge is 0.305 e. The van der Waals surface area contributed by atoms with E-state index < -0.39 is 17.6 Å². The number of ether oxygens (including phenoxy) is 2. The van der Waals surface area contributed by atoms with E-state index in [4.69, 9.17) is 14.6 Å². The normalized spacial score (nSPS) is 28.0. The molecule has 1 aliphatic heterocycles. The zero-order chi connectivity index (χ0) is 16.0. The lowest BCUT2D eigenvalue weighted by Crippen LogP contribution is -2.53. The van der Waals surface area contributed by atoms with E-state index >= 15 is 0 Å². The minimum atomic E-state index is -0.928. The Hall–Kier alpha value is -1.14. The third kappa shape index (κ3) is 4.95. The van der Waals surface area contributed by atoms with Crippen LogP contribution in [0.2, 0.25) is 0 Å². The molecule has 22 heavy (non-hydrogen) atoms. The molecule has 2 fully saturated rings. The van der Waals surface area contributed by atoms with Gasteiger partial charge in [0, 0.05) is 6.61 Å². The molecule has 2 rings (SSSR count). The molecule has 0 aromatic carbocycles. The average molecular weight is 313 g/mol. The molecular weight excluding hydrogens is 286 g/mol. The minimum absolute atomic E-state index is 0.116. The predicted molar refractivity (Wildman–Crippen MR) is 80.6 cm³/mol. The number of hydrogen-bond donors (Lipinski definition) is 2. The molecule has 126 valence electrons. The van der Waals surface area contributed by atoms with Crippen LogP contribution in [0, 0.1) is 0 Å². The summed E-state index contributed by atoms with van der Waals surface area (Å²) in [6.45, 7) is 2.47. The van der Waals surface area contributed by atoms with Crippen LogP contribution < -0.4 is 5.32 Å². The van der Waals surface area contributed by atoms with Crippen molar-refractivity contribution in [2.75, 3.05) is 13.2 Å². The van der Waals surface area contributed by atoms with E-state index in [1.165, 1.54) is 12.8 Å². The first-order valence-corrected chi connectivity index (χ1v) is 8.28. The summed E-state index contributed by atoms with van der Waals surface area (Å²) in [4.78, 5) is 23.4. The maximum Gasteiger partial charge on any atom is 0.305 e. The van der Waals surface area contributed by atoms with Crippen LogP contribution >= 0.6 is 0 Å². The van der Waals surface area contributed by atoms with Gasteiger partial charge in [0.15, 0.2) is 0 Å². The second kappa shape index (κ2) is 7.92. The molecule has 2 aliphatic rings. The van der Waals surface area contributed by atoms with Crippen molar-refractivity contribution in [3.63, 3.8) is 0 Å². The number of carboxylic acids is 1. The topological polar surface area (TPSA) is 84.9 Å². The van der Waals surface area contributed by atoms with Gasteiger partial charge in [-0.15, -0.1) is 0 Å². The van der Waals surface area contributed by atoms with E-state index in [9.17, 15) is 9.59 Å². The Kier molecular flexibility index (Phi) is 6.20. The first kappa shape index (κ1) is 17.2. The van der Waals surface area contributed by atoms with Gasteiger partial charge in [0.1, 0.15) is 6.10 Å². The molecule has 0 bridgehead atoms. The Bertz CT molecular complexity index is 384. The first-order valence-electron chi connectivity index (χ1n) is 8.28. The summed E-state index contributed by atoms with van der Waals surface area (Å²) >= 11 is 0. The maximum atomic E-state index is 12.4. The van der Waals surface area contributed by atoms with Gasteiger partial charge in [0.05, 0.1) is 24.7 Å². The molecule has 1 aliphatic carbocycles.